The van der Waals surface area contributed by atoms with Crippen LogP contribution in [0.5, 0.6) is 0 Å². The van der Waals surface area contributed by atoms with E-state index in [-0.39, 0.29) is 32.5 Å². The van der Waals surface area contributed by atoms with Crippen LogP contribution in [-0.4, -0.2) is 51.3 Å². The van der Waals surface area contributed by atoms with Gasteiger partial charge in [0.05, 0.1) is 24.3 Å². The summed E-state index contributed by atoms with van der Waals surface area (Å²) < 4.78 is 28.0. The maximum absolute atomic E-state index is 4.84. The molecule has 6 aromatic heterocycles. The van der Waals surface area contributed by atoms with Crippen molar-refractivity contribution in [2.24, 2.45) is 0 Å². The predicted molar refractivity (Wildman–Crippen MR) is 202 cm³/mol. The first-order valence-electron chi connectivity index (χ1n) is 17.5. The number of oxazole rings is 1. The van der Waals surface area contributed by atoms with Gasteiger partial charge in [0.2, 0.25) is 6.39 Å². The molecular weight excluding hydrogens is 692 g/mol. The summed E-state index contributed by atoms with van der Waals surface area (Å²) in [7, 11) is 0. The first kappa shape index (κ1) is 47.0. The van der Waals surface area contributed by atoms with Gasteiger partial charge < -0.3 is 22.5 Å². The summed E-state index contributed by atoms with van der Waals surface area (Å²) in [5.74, 6) is 1.57. The highest BCUT2D eigenvalue weighted by molar-refractivity contribution is 5.12. The van der Waals surface area contributed by atoms with Crippen LogP contribution in [0.15, 0.2) is 77.3 Å². The molecule has 300 valence electrons. The van der Waals surface area contributed by atoms with Gasteiger partial charge in [-0.1, -0.05) is 145 Å². The van der Waals surface area contributed by atoms with Gasteiger partial charge in [0.1, 0.15) is 30.2 Å². The van der Waals surface area contributed by atoms with E-state index in [1.54, 1.807) is 37.4 Å². The average Bonchev–Trinajstić information content (AvgIpc) is 3.89. The van der Waals surface area contributed by atoms with Gasteiger partial charge >= 0.3 is 0 Å². The molecule has 0 amide bonds. The third kappa shape index (κ3) is 18.6. The Labute approximate surface area is 319 Å². The molecule has 0 N–H and O–H groups in total. The largest absolute Gasteiger partial charge is 0.451 e. The summed E-state index contributed by atoms with van der Waals surface area (Å²) in [5.41, 5.74) is 4.36. The lowest BCUT2D eigenvalue weighted by Gasteiger charge is -2.13. The lowest BCUT2D eigenvalue weighted by atomic mass is 9.90. The van der Waals surface area contributed by atoms with Gasteiger partial charge in [0.15, 0.2) is 18.0 Å². The molecule has 0 unspecified atom stereocenters. The lowest BCUT2D eigenvalue weighted by molar-refractivity contribution is 0.297. The van der Waals surface area contributed by atoms with E-state index >= 15 is 0 Å². The molecule has 0 aliphatic carbocycles. The molecule has 0 saturated carbocycles. The van der Waals surface area contributed by atoms with Gasteiger partial charge in [-0.15, -0.1) is 10.2 Å². The van der Waals surface area contributed by atoms with Crippen molar-refractivity contribution in [2.45, 2.75) is 157 Å². The van der Waals surface area contributed by atoms with Crippen LogP contribution in [0.25, 0.3) is 0 Å². The van der Waals surface area contributed by atoms with E-state index in [1.807, 2.05) is 20.8 Å². The van der Waals surface area contributed by atoms with E-state index in [1.165, 1.54) is 12.8 Å². The summed E-state index contributed by atoms with van der Waals surface area (Å²) in [5, 5.41) is 28.6. The van der Waals surface area contributed by atoms with Crippen molar-refractivity contribution in [3.05, 3.63) is 84.4 Å². The molecule has 0 aliphatic heterocycles. The zero-order chi connectivity index (χ0) is 41.4. The number of nitrogens with zero attached hydrogens (tertiary/aromatic N) is 10. The van der Waals surface area contributed by atoms with Gasteiger partial charge in [-0.3, -0.25) is 0 Å². The van der Waals surface area contributed by atoms with Crippen molar-refractivity contribution in [3.8, 4) is 0 Å². The fraction of sp³-hybridized carbons (Fsp3) is 0.632. The molecule has 0 fully saturated rings. The summed E-state index contributed by atoms with van der Waals surface area (Å²) in [6, 6.07) is 0. The smallest absolute Gasteiger partial charge is 0.213 e. The van der Waals surface area contributed by atoms with Crippen LogP contribution in [0, 0.1) is 0 Å². The highest BCUT2D eigenvalue weighted by Crippen LogP contribution is 2.22. The van der Waals surface area contributed by atoms with Crippen molar-refractivity contribution in [3.63, 3.8) is 0 Å². The Morgan fingerprint density at radius 2 is 1.09 bits per heavy atom. The molecule has 16 nitrogen and oxygen atoms in total. The van der Waals surface area contributed by atoms with Crippen LogP contribution in [0.1, 0.15) is 159 Å². The van der Waals surface area contributed by atoms with Gasteiger partial charge in [0.25, 0.3) is 0 Å². The molecule has 6 rings (SSSR count). The highest BCUT2D eigenvalue weighted by Gasteiger charge is 2.20. The van der Waals surface area contributed by atoms with E-state index in [2.05, 4.69) is 169 Å². The molecule has 0 spiro atoms. The Kier molecular flexibility index (Phi) is 17.3. The van der Waals surface area contributed by atoms with Crippen LogP contribution in [-0.2, 0) is 32.5 Å². The zero-order valence-electron chi connectivity index (χ0n) is 35.5. The lowest BCUT2D eigenvalue weighted by Crippen LogP contribution is -2.12. The van der Waals surface area contributed by atoms with Crippen LogP contribution in [0.4, 0.5) is 0 Å². The van der Waals surface area contributed by atoms with Gasteiger partial charge in [-0.25, -0.2) is 9.61 Å². The van der Waals surface area contributed by atoms with Crippen molar-refractivity contribution in [1.82, 2.24) is 51.3 Å². The second-order valence-corrected chi connectivity index (χ2v) is 18.4. The molecule has 6 heterocycles. The van der Waals surface area contributed by atoms with Crippen molar-refractivity contribution in [2.75, 3.05) is 0 Å². The van der Waals surface area contributed by atoms with E-state index in [0.29, 0.717) is 0 Å². The minimum Gasteiger partial charge on any atom is -0.451 e. The predicted octanol–water partition coefficient (Wildman–Crippen LogP) is 9.41. The summed E-state index contributed by atoms with van der Waals surface area (Å²) in [4.78, 5) is 7.93. The number of hydrogen-bond donors (Lipinski definition) is 0. The van der Waals surface area contributed by atoms with Gasteiger partial charge in [-0.2, -0.15) is 4.98 Å². The van der Waals surface area contributed by atoms with E-state index in [4.69, 9.17) is 13.5 Å². The molecule has 0 radical (unpaired) electrons. The van der Waals surface area contributed by atoms with Crippen LogP contribution in [0.2, 0.25) is 0 Å². The molecule has 0 bridgehead atoms. The fourth-order valence-electron chi connectivity index (χ4n) is 3.14. The first-order chi connectivity index (χ1) is 24.6. The summed E-state index contributed by atoms with van der Waals surface area (Å²) in [6.07, 6.45) is 12.8. The van der Waals surface area contributed by atoms with Crippen LogP contribution < -0.4 is 0 Å². The molecule has 0 atom stereocenters. The molecule has 0 saturated heterocycles. The van der Waals surface area contributed by atoms with E-state index in [0.717, 1.165) is 34.2 Å². The topological polar surface area (TPSA) is 208 Å². The molecule has 6 aromatic rings. The molecular formula is C38H62N10O6. The Balaban J connectivity index is 0.000000324. The third-order valence-electron chi connectivity index (χ3n) is 6.89. The van der Waals surface area contributed by atoms with Crippen LogP contribution >= 0.6 is 0 Å². The fourth-order valence-corrected chi connectivity index (χ4v) is 3.14. The van der Waals surface area contributed by atoms with Crippen LogP contribution in [0.3, 0.4) is 0 Å². The zero-order valence-corrected chi connectivity index (χ0v) is 35.5. The van der Waals surface area contributed by atoms with Crippen molar-refractivity contribution < 1.29 is 27.1 Å². The third-order valence-corrected chi connectivity index (χ3v) is 6.89. The second-order valence-electron chi connectivity index (χ2n) is 18.4. The molecule has 0 aliphatic rings. The standard InChI is InChI=1S/2C7H11NO.4C6H10N2O/c1-7(2,3)6-4-9-5-8-6;1-7(2,3)6-4-8-9-5-6;1-6(2,3)5-7-4-9-8-5;1-6(2,3)5-4-9-8-7-5;1-6(2,3)5-4-7-8-9-5;1-6(2,3)5-4-7-9-8-5/h2*4-5H,1-3H3;4*4H,1-3H3. The molecule has 0 aromatic carbocycles. The van der Waals surface area contributed by atoms with Crippen molar-refractivity contribution in [1.29, 1.82) is 0 Å². The molecule has 16 heteroatoms. The monoisotopic (exact) mass is 754 g/mol. The van der Waals surface area contributed by atoms with E-state index < -0.39 is 0 Å². The van der Waals surface area contributed by atoms with Gasteiger partial charge in [-0.05, 0) is 5.41 Å². The Morgan fingerprint density at radius 1 is 0.463 bits per heavy atom. The number of hydrogen-bond acceptors (Lipinski definition) is 16. The average molecular weight is 755 g/mol. The maximum Gasteiger partial charge on any atom is 0.213 e. The number of rotatable bonds is 0. The SMILES string of the molecule is CC(C)(C)c1cnno1.CC(C)(C)c1cnoc1.CC(C)(C)c1cnon1.CC(C)(C)c1cocn1.CC(C)(C)c1conn1.CC(C)(C)c1ncon1. The second kappa shape index (κ2) is 19.9. The quantitative estimate of drug-likeness (QED) is 0.141. The van der Waals surface area contributed by atoms with E-state index in [9.17, 15) is 0 Å². The highest BCUT2D eigenvalue weighted by atomic mass is 16.6. The minimum absolute atomic E-state index is 0.00694. The Bertz CT molecular complexity index is 1380. The normalized spacial score (nSPS) is 11.9. The Morgan fingerprint density at radius 3 is 1.31 bits per heavy atom. The molecule has 54 heavy (non-hydrogen) atoms. The Hall–Kier alpha value is -5.02. The van der Waals surface area contributed by atoms with Crippen molar-refractivity contribution >= 4 is 0 Å². The van der Waals surface area contributed by atoms with Gasteiger partial charge in [0, 0.05) is 43.2 Å². The maximum atomic E-state index is 4.84. The first-order valence-corrected chi connectivity index (χ1v) is 17.5. The number of aromatic nitrogens is 10. The minimum atomic E-state index is 0.00694. The summed E-state index contributed by atoms with van der Waals surface area (Å²) >= 11 is 0. The summed E-state index contributed by atoms with van der Waals surface area (Å²) in [6.45, 7) is 37.3.